The van der Waals surface area contributed by atoms with Gasteiger partial charge in [-0.2, -0.15) is 0 Å². The Morgan fingerprint density at radius 3 is 2.65 bits per heavy atom. The molecule has 0 amide bonds. The molecule has 0 saturated heterocycles. The van der Waals surface area contributed by atoms with Crippen LogP contribution in [0.3, 0.4) is 0 Å². The molecular formula is C17H31IN4O. The van der Waals surface area contributed by atoms with Gasteiger partial charge in [-0.05, 0) is 38.0 Å². The molecular weight excluding hydrogens is 403 g/mol. The van der Waals surface area contributed by atoms with Crippen molar-refractivity contribution in [3.63, 3.8) is 0 Å². The molecule has 5 nitrogen and oxygen atoms in total. The summed E-state index contributed by atoms with van der Waals surface area (Å²) in [6.07, 6.45) is 0.981. The predicted octanol–water partition coefficient (Wildman–Crippen LogP) is 2.85. The number of anilines is 1. The highest BCUT2D eigenvalue weighted by molar-refractivity contribution is 14.0. The van der Waals surface area contributed by atoms with Gasteiger partial charge >= 0.3 is 0 Å². The summed E-state index contributed by atoms with van der Waals surface area (Å²) in [5.74, 6) is 0.856. The molecule has 0 fully saturated rings. The molecule has 0 saturated carbocycles. The SMILES string of the molecule is CCNC(=NCc1cccc(N(C)C)c1)NCCCOCC.I. The molecule has 0 aliphatic rings. The maximum atomic E-state index is 5.34. The summed E-state index contributed by atoms with van der Waals surface area (Å²) in [6, 6.07) is 8.45. The van der Waals surface area contributed by atoms with Crippen LogP contribution >= 0.6 is 24.0 Å². The molecule has 0 heterocycles. The van der Waals surface area contributed by atoms with Crippen molar-refractivity contribution in [1.29, 1.82) is 0 Å². The van der Waals surface area contributed by atoms with Crippen molar-refractivity contribution in [2.24, 2.45) is 4.99 Å². The lowest BCUT2D eigenvalue weighted by Crippen LogP contribution is -2.38. The van der Waals surface area contributed by atoms with E-state index >= 15 is 0 Å². The van der Waals surface area contributed by atoms with Gasteiger partial charge in [-0.1, -0.05) is 12.1 Å². The van der Waals surface area contributed by atoms with E-state index in [1.807, 2.05) is 21.0 Å². The summed E-state index contributed by atoms with van der Waals surface area (Å²) in [5.41, 5.74) is 2.40. The molecule has 0 atom stereocenters. The molecule has 0 unspecified atom stereocenters. The van der Waals surface area contributed by atoms with E-state index in [2.05, 4.69) is 51.7 Å². The summed E-state index contributed by atoms with van der Waals surface area (Å²) in [6.45, 7) is 8.04. The first-order chi connectivity index (χ1) is 10.7. The standard InChI is InChI=1S/C17H30N4O.HI/c1-5-18-17(19-11-8-12-22-6-2)20-14-15-9-7-10-16(13-15)21(3)4;/h7,9-10,13H,5-6,8,11-12,14H2,1-4H3,(H2,18,19,20);1H. The molecule has 0 radical (unpaired) electrons. The summed E-state index contributed by atoms with van der Waals surface area (Å²) in [7, 11) is 4.10. The average molecular weight is 434 g/mol. The first kappa shape index (κ1) is 22.0. The number of guanidine groups is 1. The fourth-order valence-corrected chi connectivity index (χ4v) is 1.97. The van der Waals surface area contributed by atoms with E-state index in [9.17, 15) is 0 Å². The van der Waals surface area contributed by atoms with Crippen molar-refractivity contribution in [2.75, 3.05) is 45.3 Å². The van der Waals surface area contributed by atoms with E-state index in [1.54, 1.807) is 0 Å². The highest BCUT2D eigenvalue weighted by atomic mass is 127. The van der Waals surface area contributed by atoms with Crippen LogP contribution in [0.2, 0.25) is 0 Å². The van der Waals surface area contributed by atoms with Gasteiger partial charge in [0.15, 0.2) is 5.96 Å². The van der Waals surface area contributed by atoms with Crippen LogP contribution in [0.25, 0.3) is 0 Å². The van der Waals surface area contributed by atoms with E-state index in [0.29, 0.717) is 6.54 Å². The summed E-state index contributed by atoms with van der Waals surface area (Å²) >= 11 is 0. The lowest BCUT2D eigenvalue weighted by atomic mass is 10.2. The van der Waals surface area contributed by atoms with Crippen molar-refractivity contribution in [3.05, 3.63) is 29.8 Å². The van der Waals surface area contributed by atoms with Crippen molar-refractivity contribution in [3.8, 4) is 0 Å². The Balaban J connectivity index is 0.00000484. The predicted molar refractivity (Wildman–Crippen MR) is 110 cm³/mol. The van der Waals surface area contributed by atoms with Crippen LogP contribution in [0, 0.1) is 0 Å². The minimum absolute atomic E-state index is 0. The van der Waals surface area contributed by atoms with Crippen LogP contribution < -0.4 is 15.5 Å². The number of rotatable bonds is 9. The molecule has 6 heteroatoms. The molecule has 1 aromatic rings. The highest BCUT2D eigenvalue weighted by Gasteiger charge is 1.99. The van der Waals surface area contributed by atoms with Crippen molar-refractivity contribution in [2.45, 2.75) is 26.8 Å². The van der Waals surface area contributed by atoms with E-state index in [1.165, 1.54) is 11.3 Å². The maximum Gasteiger partial charge on any atom is 0.191 e. The maximum absolute atomic E-state index is 5.34. The van der Waals surface area contributed by atoms with Crippen LogP contribution in [-0.2, 0) is 11.3 Å². The minimum atomic E-state index is 0. The first-order valence-corrected chi connectivity index (χ1v) is 8.03. The number of ether oxygens (including phenoxy) is 1. The third-order valence-corrected chi connectivity index (χ3v) is 3.15. The zero-order valence-electron chi connectivity index (χ0n) is 14.8. The van der Waals surface area contributed by atoms with E-state index in [4.69, 9.17) is 4.74 Å². The molecule has 0 spiro atoms. The van der Waals surface area contributed by atoms with Gasteiger partial charge in [0.05, 0.1) is 6.54 Å². The van der Waals surface area contributed by atoms with Crippen molar-refractivity contribution < 1.29 is 4.74 Å². The molecule has 1 aromatic carbocycles. The fraction of sp³-hybridized carbons (Fsp3) is 0.588. The third-order valence-electron chi connectivity index (χ3n) is 3.15. The largest absolute Gasteiger partial charge is 0.382 e. The second-order valence-corrected chi connectivity index (χ2v) is 5.24. The van der Waals surface area contributed by atoms with E-state index < -0.39 is 0 Å². The van der Waals surface area contributed by atoms with Gasteiger partial charge in [0.25, 0.3) is 0 Å². The van der Waals surface area contributed by atoms with Gasteiger partial charge in [0.2, 0.25) is 0 Å². The normalized spacial score (nSPS) is 10.9. The number of aliphatic imine (C=N–C) groups is 1. The molecule has 2 N–H and O–H groups in total. The Hall–Kier alpha value is -1.02. The fourth-order valence-electron chi connectivity index (χ4n) is 1.97. The second kappa shape index (κ2) is 13.4. The monoisotopic (exact) mass is 434 g/mol. The Labute approximate surface area is 157 Å². The number of hydrogen-bond donors (Lipinski definition) is 2. The van der Waals surface area contributed by atoms with Gasteiger partial charge in [-0.15, -0.1) is 24.0 Å². The number of hydrogen-bond acceptors (Lipinski definition) is 3. The van der Waals surface area contributed by atoms with Crippen LogP contribution in [-0.4, -0.2) is 46.4 Å². The lowest BCUT2D eigenvalue weighted by molar-refractivity contribution is 0.145. The van der Waals surface area contributed by atoms with Gasteiger partial charge < -0.3 is 20.3 Å². The Bertz CT molecular complexity index is 452. The molecule has 0 aliphatic heterocycles. The quantitative estimate of drug-likeness (QED) is 0.272. The zero-order chi connectivity index (χ0) is 16.2. The second-order valence-electron chi connectivity index (χ2n) is 5.24. The molecule has 132 valence electrons. The Kier molecular flexibility index (Phi) is 12.8. The van der Waals surface area contributed by atoms with Crippen LogP contribution in [0.5, 0.6) is 0 Å². The molecule has 0 aromatic heterocycles. The number of nitrogens with one attached hydrogen (secondary N) is 2. The molecule has 0 bridgehead atoms. The van der Waals surface area contributed by atoms with Gasteiger partial charge in [-0.25, -0.2) is 4.99 Å². The Morgan fingerprint density at radius 2 is 2.00 bits per heavy atom. The van der Waals surface area contributed by atoms with Crippen LogP contribution in [0.4, 0.5) is 5.69 Å². The number of benzene rings is 1. The number of halogens is 1. The first-order valence-electron chi connectivity index (χ1n) is 8.03. The molecule has 1 rings (SSSR count). The highest BCUT2D eigenvalue weighted by Crippen LogP contribution is 2.13. The van der Waals surface area contributed by atoms with Crippen molar-refractivity contribution in [1.82, 2.24) is 10.6 Å². The smallest absolute Gasteiger partial charge is 0.191 e. The van der Waals surface area contributed by atoms with Crippen molar-refractivity contribution >= 4 is 35.6 Å². The minimum Gasteiger partial charge on any atom is -0.382 e. The molecule has 0 aliphatic carbocycles. The summed E-state index contributed by atoms with van der Waals surface area (Å²) in [4.78, 5) is 6.74. The summed E-state index contributed by atoms with van der Waals surface area (Å²) in [5, 5.41) is 6.60. The van der Waals surface area contributed by atoms with Gasteiger partial charge in [-0.3, -0.25) is 0 Å². The number of nitrogens with zero attached hydrogens (tertiary/aromatic N) is 2. The van der Waals surface area contributed by atoms with Gasteiger partial charge in [0, 0.05) is 46.1 Å². The molecule has 23 heavy (non-hydrogen) atoms. The van der Waals surface area contributed by atoms with Crippen LogP contribution in [0.1, 0.15) is 25.8 Å². The van der Waals surface area contributed by atoms with Gasteiger partial charge in [0.1, 0.15) is 0 Å². The summed E-state index contributed by atoms with van der Waals surface area (Å²) < 4.78 is 5.34. The van der Waals surface area contributed by atoms with E-state index in [0.717, 1.165) is 38.7 Å². The van der Waals surface area contributed by atoms with Crippen LogP contribution in [0.15, 0.2) is 29.3 Å². The average Bonchev–Trinajstić information content (AvgIpc) is 2.52. The topological polar surface area (TPSA) is 48.9 Å². The van der Waals surface area contributed by atoms with E-state index in [-0.39, 0.29) is 24.0 Å². The third kappa shape index (κ3) is 9.65. The lowest BCUT2D eigenvalue weighted by Gasteiger charge is -2.14. The Morgan fingerprint density at radius 1 is 1.22 bits per heavy atom. The zero-order valence-corrected chi connectivity index (χ0v) is 17.1.